The maximum atomic E-state index is 13.7. The number of H-pyrrole nitrogens is 1. The van der Waals surface area contributed by atoms with Gasteiger partial charge in [0.1, 0.15) is 10.9 Å². The molecular weight excluding hydrogens is 520 g/mol. The van der Waals surface area contributed by atoms with Crippen molar-refractivity contribution in [1.82, 2.24) is 30.2 Å². The summed E-state index contributed by atoms with van der Waals surface area (Å²) in [6, 6.07) is 1.69. The third-order valence-electron chi connectivity index (χ3n) is 7.10. The summed E-state index contributed by atoms with van der Waals surface area (Å²) in [6.07, 6.45) is 7.38. The number of fused-ring (bicyclic) bond motifs is 1. The number of halogens is 1. The second-order valence-electron chi connectivity index (χ2n) is 9.72. The summed E-state index contributed by atoms with van der Waals surface area (Å²) in [5, 5.41) is 3.02. The van der Waals surface area contributed by atoms with Gasteiger partial charge in [-0.2, -0.15) is 4.98 Å². The van der Waals surface area contributed by atoms with E-state index in [1.54, 1.807) is 31.6 Å². The van der Waals surface area contributed by atoms with Gasteiger partial charge in [-0.15, -0.1) is 0 Å². The highest BCUT2D eigenvalue weighted by molar-refractivity contribution is 6.41. The number of anilines is 2. The fraction of sp³-hybridized carbons (Fsp3) is 0.370. The molecule has 0 atom stereocenters. The van der Waals surface area contributed by atoms with E-state index in [1.165, 1.54) is 17.7 Å². The van der Waals surface area contributed by atoms with Crippen molar-refractivity contribution in [3.8, 4) is 5.75 Å². The molecule has 11 nitrogen and oxygen atoms in total. The molecule has 0 saturated carbocycles. The minimum Gasteiger partial charge on any atom is -0.496 e. The topological polar surface area (TPSA) is 142 Å². The zero-order valence-corrected chi connectivity index (χ0v) is 22.9. The number of nitrogens with zero attached hydrogens (tertiary/aromatic N) is 5. The van der Waals surface area contributed by atoms with Gasteiger partial charge in [0.25, 0.3) is 11.8 Å². The molecule has 2 aliphatic heterocycles. The van der Waals surface area contributed by atoms with Gasteiger partial charge >= 0.3 is 0 Å². The standard InChI is InChI=1S/C27H31ClN8O3/c1-15-12-32-20(16(2)22(15)39-3)14-36-24-21(23(28)33-27(29)34-24)19(26(36)38)11-18-10-17(13-31-18)25(37)30-6-9-35-7-4-5-8-35/h10-13,31H,4-9,14H2,1-3H3,(H,30,37)(H2,29,33,34)/b19-11-. The van der Waals surface area contributed by atoms with Crippen LogP contribution in [0.3, 0.4) is 0 Å². The number of hydrogen-bond donors (Lipinski definition) is 3. The maximum absolute atomic E-state index is 13.7. The van der Waals surface area contributed by atoms with Crippen molar-refractivity contribution in [1.29, 1.82) is 0 Å². The summed E-state index contributed by atoms with van der Waals surface area (Å²) < 4.78 is 5.53. The van der Waals surface area contributed by atoms with Crippen LogP contribution in [0.2, 0.25) is 5.15 Å². The Kier molecular flexibility index (Phi) is 7.53. The van der Waals surface area contributed by atoms with Gasteiger partial charge in [0.05, 0.1) is 36.0 Å². The van der Waals surface area contributed by atoms with Crippen LogP contribution in [0.1, 0.15) is 51.3 Å². The van der Waals surface area contributed by atoms with Crippen LogP contribution in [-0.4, -0.2) is 69.9 Å². The highest BCUT2D eigenvalue weighted by Gasteiger charge is 2.37. The van der Waals surface area contributed by atoms with Gasteiger partial charge in [-0.3, -0.25) is 19.5 Å². The number of rotatable bonds is 8. The van der Waals surface area contributed by atoms with Crippen molar-refractivity contribution in [3.63, 3.8) is 0 Å². The van der Waals surface area contributed by atoms with Gasteiger partial charge in [-0.25, -0.2) is 4.98 Å². The molecule has 0 bridgehead atoms. The number of carbonyl (C=O) groups is 2. The molecule has 0 unspecified atom stereocenters. The Balaban J connectivity index is 1.40. The molecule has 1 saturated heterocycles. The van der Waals surface area contributed by atoms with Crippen LogP contribution in [0.4, 0.5) is 11.8 Å². The molecule has 0 radical (unpaired) electrons. The number of amides is 2. The first-order valence-electron chi connectivity index (χ1n) is 12.8. The number of methoxy groups -OCH3 is 1. The van der Waals surface area contributed by atoms with Crippen LogP contribution < -0.4 is 20.7 Å². The van der Waals surface area contributed by atoms with Crippen LogP contribution in [0.5, 0.6) is 5.75 Å². The predicted molar refractivity (Wildman–Crippen MR) is 150 cm³/mol. The fourth-order valence-corrected chi connectivity index (χ4v) is 5.37. The lowest BCUT2D eigenvalue weighted by atomic mass is 10.1. The van der Waals surface area contributed by atoms with Crippen molar-refractivity contribution < 1.29 is 14.3 Å². The number of carbonyl (C=O) groups excluding carboxylic acids is 2. The second-order valence-corrected chi connectivity index (χ2v) is 10.1. The number of likely N-dealkylation sites (tertiary alicyclic amines) is 1. The highest BCUT2D eigenvalue weighted by Crippen LogP contribution is 2.41. The first-order chi connectivity index (χ1) is 18.8. The summed E-state index contributed by atoms with van der Waals surface area (Å²) in [6.45, 7) is 7.50. The number of aromatic amines is 1. The van der Waals surface area contributed by atoms with E-state index >= 15 is 0 Å². The molecule has 2 aliphatic rings. The molecule has 12 heteroatoms. The Bertz CT molecular complexity index is 1460. The van der Waals surface area contributed by atoms with E-state index in [9.17, 15) is 9.59 Å². The Morgan fingerprint density at radius 2 is 2.05 bits per heavy atom. The van der Waals surface area contributed by atoms with E-state index < -0.39 is 0 Å². The zero-order valence-electron chi connectivity index (χ0n) is 22.2. The first-order valence-corrected chi connectivity index (χ1v) is 13.2. The SMILES string of the molecule is COc1c(C)cnc(CN2C(=O)/C(=C\c3cc(C(=O)NCCN4CCCC4)c[nH]3)c3c(Cl)nc(N)nc32)c1C. The van der Waals surface area contributed by atoms with Gasteiger partial charge < -0.3 is 25.7 Å². The zero-order chi connectivity index (χ0) is 27.7. The van der Waals surface area contributed by atoms with E-state index in [4.69, 9.17) is 22.1 Å². The number of nitrogens with two attached hydrogens (primary N) is 1. The van der Waals surface area contributed by atoms with Crippen molar-refractivity contribution in [2.24, 2.45) is 0 Å². The summed E-state index contributed by atoms with van der Waals surface area (Å²) in [5.41, 5.74) is 9.95. The number of nitrogens with one attached hydrogen (secondary N) is 2. The molecule has 0 aromatic carbocycles. The number of nitrogen functional groups attached to an aromatic ring is 1. The third kappa shape index (κ3) is 5.32. The van der Waals surface area contributed by atoms with E-state index in [-0.39, 0.29) is 35.0 Å². The number of hydrogen-bond acceptors (Lipinski definition) is 8. The average Bonchev–Trinajstić information content (AvgIpc) is 3.64. The normalized spacial score (nSPS) is 16.3. The molecule has 0 aliphatic carbocycles. The maximum Gasteiger partial charge on any atom is 0.260 e. The van der Waals surface area contributed by atoms with Gasteiger partial charge in [0.2, 0.25) is 5.95 Å². The van der Waals surface area contributed by atoms with Crippen LogP contribution in [-0.2, 0) is 11.3 Å². The second kappa shape index (κ2) is 11.0. The van der Waals surface area contributed by atoms with E-state index in [2.05, 4.69) is 30.2 Å². The first kappa shape index (κ1) is 26.6. The smallest absolute Gasteiger partial charge is 0.260 e. The molecule has 0 spiro atoms. The number of ether oxygens (including phenoxy) is 1. The molecule has 4 N–H and O–H groups in total. The lowest BCUT2D eigenvalue weighted by molar-refractivity contribution is -0.113. The van der Waals surface area contributed by atoms with Gasteiger partial charge in [0, 0.05) is 42.3 Å². The molecule has 39 heavy (non-hydrogen) atoms. The van der Waals surface area contributed by atoms with Crippen LogP contribution >= 0.6 is 11.6 Å². The quantitative estimate of drug-likeness (QED) is 0.287. The molecule has 3 aromatic rings. The lowest BCUT2D eigenvalue weighted by Gasteiger charge is -2.19. The highest BCUT2D eigenvalue weighted by atomic mass is 35.5. The monoisotopic (exact) mass is 550 g/mol. The van der Waals surface area contributed by atoms with Gasteiger partial charge in [0.15, 0.2) is 5.82 Å². The van der Waals surface area contributed by atoms with Crippen LogP contribution in [0, 0.1) is 13.8 Å². The van der Waals surface area contributed by atoms with Crippen molar-refractivity contribution in [3.05, 3.63) is 57.3 Å². The van der Waals surface area contributed by atoms with Crippen LogP contribution in [0.15, 0.2) is 18.5 Å². The van der Waals surface area contributed by atoms with Gasteiger partial charge in [-0.1, -0.05) is 11.6 Å². The van der Waals surface area contributed by atoms with E-state index in [0.717, 1.165) is 30.8 Å². The van der Waals surface area contributed by atoms with E-state index in [1.807, 2.05) is 13.8 Å². The predicted octanol–water partition coefficient (Wildman–Crippen LogP) is 2.97. The van der Waals surface area contributed by atoms with Crippen LogP contribution in [0.25, 0.3) is 11.6 Å². The Hall–Kier alpha value is -3.96. The molecule has 3 aromatic heterocycles. The average molecular weight is 551 g/mol. The fourth-order valence-electron chi connectivity index (χ4n) is 5.09. The summed E-state index contributed by atoms with van der Waals surface area (Å²) >= 11 is 6.47. The summed E-state index contributed by atoms with van der Waals surface area (Å²) in [7, 11) is 1.60. The molecule has 204 valence electrons. The number of pyridine rings is 1. The minimum atomic E-state index is -0.334. The molecule has 5 heterocycles. The minimum absolute atomic E-state index is 0.0447. The van der Waals surface area contributed by atoms with Gasteiger partial charge in [-0.05, 0) is 51.9 Å². The van der Waals surface area contributed by atoms with Crippen molar-refractivity contribution in [2.75, 3.05) is 43.9 Å². The molecular formula is C27H31ClN8O3. The number of aromatic nitrogens is 4. The lowest BCUT2D eigenvalue weighted by Crippen LogP contribution is -2.33. The molecule has 5 rings (SSSR count). The van der Waals surface area contributed by atoms with E-state index in [0.29, 0.717) is 40.6 Å². The Labute approximate surface area is 231 Å². The summed E-state index contributed by atoms with van der Waals surface area (Å²) in [4.78, 5) is 46.2. The third-order valence-corrected chi connectivity index (χ3v) is 7.37. The Morgan fingerprint density at radius 1 is 1.28 bits per heavy atom. The van der Waals surface area contributed by atoms with Crippen molar-refractivity contribution in [2.45, 2.75) is 33.2 Å². The Morgan fingerprint density at radius 3 is 2.79 bits per heavy atom. The number of aryl methyl sites for hydroxylation is 1. The van der Waals surface area contributed by atoms with Crippen molar-refractivity contribution >= 4 is 46.8 Å². The summed E-state index contributed by atoms with van der Waals surface area (Å²) in [5.74, 6) is 0.450. The molecule has 1 fully saturated rings. The molecule has 2 amide bonds. The largest absolute Gasteiger partial charge is 0.496 e.